The van der Waals surface area contributed by atoms with Crippen LogP contribution >= 0.6 is 11.6 Å². The van der Waals surface area contributed by atoms with Crippen LogP contribution in [-0.2, 0) is 0 Å². The fourth-order valence-corrected chi connectivity index (χ4v) is 2.19. The standard InChI is InChI=1S/C12H8ClFN2O3/c13-9-2-1-5-10(17)6(12(18)19)4-16(11(5)15-9)8-3-7(8)14/h1-2,4,7-8H,3H2,(H,18,19)/t7-,8+/m0/s1. The van der Waals surface area contributed by atoms with Crippen molar-refractivity contribution < 1.29 is 14.3 Å². The van der Waals surface area contributed by atoms with E-state index >= 15 is 0 Å². The molecule has 0 aliphatic heterocycles. The fourth-order valence-electron chi connectivity index (χ4n) is 2.05. The maximum atomic E-state index is 13.2. The normalized spacial score (nSPS) is 21.6. The first-order valence-electron chi connectivity index (χ1n) is 5.58. The summed E-state index contributed by atoms with van der Waals surface area (Å²) in [7, 11) is 0. The minimum Gasteiger partial charge on any atom is -0.477 e. The molecule has 2 aromatic heterocycles. The summed E-state index contributed by atoms with van der Waals surface area (Å²) in [6.07, 6.45) is 0.374. The van der Waals surface area contributed by atoms with Crippen molar-refractivity contribution in [3.05, 3.63) is 39.3 Å². The maximum absolute atomic E-state index is 13.2. The van der Waals surface area contributed by atoms with Crippen molar-refractivity contribution >= 4 is 28.6 Å². The van der Waals surface area contributed by atoms with Gasteiger partial charge in [0.25, 0.3) is 0 Å². The topological polar surface area (TPSA) is 72.2 Å². The number of aromatic nitrogens is 2. The Morgan fingerprint density at radius 2 is 2.21 bits per heavy atom. The van der Waals surface area contributed by atoms with Gasteiger partial charge in [-0.2, -0.15) is 0 Å². The predicted molar refractivity (Wildman–Crippen MR) is 66.5 cm³/mol. The average Bonchev–Trinajstić information content (AvgIpc) is 3.06. The zero-order valence-electron chi connectivity index (χ0n) is 9.51. The summed E-state index contributed by atoms with van der Waals surface area (Å²) < 4.78 is 14.6. The van der Waals surface area contributed by atoms with Crippen LogP contribution in [0, 0.1) is 0 Å². The molecule has 2 atom stereocenters. The Kier molecular flexibility index (Phi) is 2.56. The van der Waals surface area contributed by atoms with Gasteiger partial charge in [0.05, 0.1) is 11.4 Å². The van der Waals surface area contributed by atoms with Crippen molar-refractivity contribution in [2.24, 2.45) is 0 Å². The molecule has 1 saturated carbocycles. The van der Waals surface area contributed by atoms with E-state index in [4.69, 9.17) is 16.7 Å². The third-order valence-corrected chi connectivity index (χ3v) is 3.32. The quantitative estimate of drug-likeness (QED) is 0.856. The highest BCUT2D eigenvalue weighted by Gasteiger charge is 2.40. The molecule has 0 bridgehead atoms. The summed E-state index contributed by atoms with van der Waals surface area (Å²) in [5, 5.41) is 9.31. The van der Waals surface area contributed by atoms with E-state index in [9.17, 15) is 14.0 Å². The zero-order valence-corrected chi connectivity index (χ0v) is 10.3. The lowest BCUT2D eigenvalue weighted by molar-refractivity contribution is 0.0694. The van der Waals surface area contributed by atoms with Gasteiger partial charge in [-0.25, -0.2) is 14.2 Å². The number of aromatic carboxylic acids is 1. The smallest absolute Gasteiger partial charge is 0.341 e. The maximum Gasteiger partial charge on any atom is 0.341 e. The first-order chi connectivity index (χ1) is 8.99. The van der Waals surface area contributed by atoms with Gasteiger partial charge in [-0.3, -0.25) is 4.79 Å². The Balaban J connectivity index is 2.39. The largest absolute Gasteiger partial charge is 0.477 e. The number of halogens is 2. The highest BCUT2D eigenvalue weighted by Crippen LogP contribution is 2.40. The lowest BCUT2D eigenvalue weighted by atomic mass is 10.2. The van der Waals surface area contributed by atoms with Gasteiger partial charge in [0, 0.05) is 12.6 Å². The minimum absolute atomic E-state index is 0.128. The second-order valence-electron chi connectivity index (χ2n) is 4.41. The van der Waals surface area contributed by atoms with Crippen LogP contribution < -0.4 is 5.43 Å². The summed E-state index contributed by atoms with van der Waals surface area (Å²) in [4.78, 5) is 27.0. The van der Waals surface area contributed by atoms with Crippen LogP contribution in [0.4, 0.5) is 4.39 Å². The van der Waals surface area contributed by atoms with Gasteiger partial charge in [0.15, 0.2) is 0 Å². The second kappa shape index (κ2) is 4.03. The lowest BCUT2D eigenvalue weighted by Gasteiger charge is -2.10. The number of carboxylic acid groups (broad SMARTS) is 1. The molecule has 7 heteroatoms. The summed E-state index contributed by atoms with van der Waals surface area (Å²) in [5.74, 6) is -1.34. The molecule has 5 nitrogen and oxygen atoms in total. The van der Waals surface area contributed by atoms with Crippen molar-refractivity contribution in [1.29, 1.82) is 0 Å². The molecule has 1 fully saturated rings. The van der Waals surface area contributed by atoms with Gasteiger partial charge in [-0.05, 0) is 12.1 Å². The van der Waals surface area contributed by atoms with Crippen molar-refractivity contribution in [3.8, 4) is 0 Å². The molecule has 98 valence electrons. The molecule has 0 spiro atoms. The van der Waals surface area contributed by atoms with Crippen molar-refractivity contribution in [1.82, 2.24) is 9.55 Å². The zero-order chi connectivity index (χ0) is 13.7. The van der Waals surface area contributed by atoms with E-state index < -0.39 is 29.2 Å². The number of hydrogen-bond acceptors (Lipinski definition) is 3. The molecule has 0 amide bonds. The Morgan fingerprint density at radius 3 is 2.79 bits per heavy atom. The molecule has 0 saturated heterocycles. The molecule has 0 aromatic carbocycles. The average molecular weight is 283 g/mol. The van der Waals surface area contributed by atoms with E-state index in [1.807, 2.05) is 0 Å². The number of carbonyl (C=O) groups is 1. The molecule has 1 aliphatic rings. The molecule has 19 heavy (non-hydrogen) atoms. The van der Waals surface area contributed by atoms with Crippen LogP contribution in [-0.4, -0.2) is 26.8 Å². The van der Waals surface area contributed by atoms with Crippen LogP contribution in [0.5, 0.6) is 0 Å². The first kappa shape index (κ1) is 12.1. The van der Waals surface area contributed by atoms with E-state index in [0.717, 1.165) is 6.20 Å². The van der Waals surface area contributed by atoms with Crippen LogP contribution in [0.1, 0.15) is 22.8 Å². The molecule has 3 rings (SSSR count). The number of pyridine rings is 2. The fraction of sp³-hybridized carbons (Fsp3) is 0.250. The number of hydrogen-bond donors (Lipinski definition) is 1. The van der Waals surface area contributed by atoms with Gasteiger partial charge >= 0.3 is 5.97 Å². The number of nitrogens with zero attached hydrogens (tertiary/aromatic N) is 2. The molecular weight excluding hydrogens is 275 g/mol. The molecular formula is C12H8ClFN2O3. The van der Waals surface area contributed by atoms with Crippen LogP contribution in [0.2, 0.25) is 5.15 Å². The highest BCUT2D eigenvalue weighted by atomic mass is 35.5. The molecule has 2 aromatic rings. The SMILES string of the molecule is O=C(O)c1cn([C@@H]2C[C@@H]2F)c2nc(Cl)ccc2c1=O. The van der Waals surface area contributed by atoms with E-state index in [-0.39, 0.29) is 22.6 Å². The highest BCUT2D eigenvalue weighted by molar-refractivity contribution is 6.29. The van der Waals surface area contributed by atoms with E-state index in [1.165, 1.54) is 16.7 Å². The molecule has 0 radical (unpaired) electrons. The summed E-state index contributed by atoms with van der Waals surface area (Å²) in [6, 6.07) is 2.33. The molecule has 1 aliphatic carbocycles. The summed E-state index contributed by atoms with van der Waals surface area (Å²) in [5.41, 5.74) is -0.817. The van der Waals surface area contributed by atoms with Crippen LogP contribution in [0.15, 0.2) is 23.1 Å². The molecule has 1 N–H and O–H groups in total. The lowest BCUT2D eigenvalue weighted by Crippen LogP contribution is -2.19. The van der Waals surface area contributed by atoms with E-state index in [1.54, 1.807) is 0 Å². The van der Waals surface area contributed by atoms with Crippen molar-refractivity contribution in [2.45, 2.75) is 18.6 Å². The van der Waals surface area contributed by atoms with Crippen molar-refractivity contribution in [3.63, 3.8) is 0 Å². The van der Waals surface area contributed by atoms with E-state index in [2.05, 4.69) is 4.98 Å². The number of rotatable bonds is 2. The minimum atomic E-state index is -1.34. The Bertz CT molecular complexity index is 758. The third-order valence-electron chi connectivity index (χ3n) is 3.11. The van der Waals surface area contributed by atoms with E-state index in [0.29, 0.717) is 0 Å². The Labute approximate surface area is 111 Å². The number of alkyl halides is 1. The monoisotopic (exact) mass is 282 g/mol. The van der Waals surface area contributed by atoms with Crippen LogP contribution in [0.25, 0.3) is 11.0 Å². The first-order valence-corrected chi connectivity index (χ1v) is 5.95. The summed E-state index contributed by atoms with van der Waals surface area (Å²) >= 11 is 5.77. The van der Waals surface area contributed by atoms with Gasteiger partial charge in [0.1, 0.15) is 22.5 Å². The van der Waals surface area contributed by atoms with Gasteiger partial charge in [0.2, 0.25) is 5.43 Å². The van der Waals surface area contributed by atoms with Crippen molar-refractivity contribution in [2.75, 3.05) is 0 Å². The third kappa shape index (κ3) is 1.88. The Hall–Kier alpha value is -1.95. The molecule has 2 heterocycles. The number of fused-ring (bicyclic) bond motifs is 1. The predicted octanol–water partition coefficient (Wildman–Crippen LogP) is 2.03. The Morgan fingerprint density at radius 1 is 1.53 bits per heavy atom. The van der Waals surface area contributed by atoms with Gasteiger partial charge in [-0.15, -0.1) is 0 Å². The van der Waals surface area contributed by atoms with Gasteiger partial charge < -0.3 is 9.67 Å². The molecule has 0 unspecified atom stereocenters. The summed E-state index contributed by atoms with van der Waals surface area (Å²) in [6.45, 7) is 0. The second-order valence-corrected chi connectivity index (χ2v) is 4.80. The van der Waals surface area contributed by atoms with Gasteiger partial charge in [-0.1, -0.05) is 11.6 Å². The number of carboxylic acids is 1. The van der Waals surface area contributed by atoms with Crippen LogP contribution in [0.3, 0.4) is 0 Å².